The predicted octanol–water partition coefficient (Wildman–Crippen LogP) is 2.25. The van der Waals surface area contributed by atoms with Crippen molar-refractivity contribution < 1.29 is 9.63 Å². The van der Waals surface area contributed by atoms with Crippen molar-refractivity contribution in [2.45, 2.75) is 13.8 Å². The molecule has 0 fully saturated rings. The average Bonchev–Trinajstić information content (AvgIpc) is 2.62. The van der Waals surface area contributed by atoms with E-state index in [-0.39, 0.29) is 11.6 Å². The van der Waals surface area contributed by atoms with Gasteiger partial charge in [0.1, 0.15) is 5.75 Å². The van der Waals surface area contributed by atoms with Crippen LogP contribution in [-0.4, -0.2) is 10.3 Å². The minimum atomic E-state index is 0.265. The van der Waals surface area contributed by atoms with Gasteiger partial charge in [0, 0.05) is 0 Å². The minimum absolute atomic E-state index is 0.265. The Morgan fingerprint density at radius 1 is 1.27 bits per heavy atom. The van der Waals surface area contributed by atoms with Crippen molar-refractivity contribution in [3.8, 4) is 16.9 Å². The molecule has 2 rings (SSSR count). The lowest BCUT2D eigenvalue weighted by Crippen LogP contribution is -1.89. The lowest BCUT2D eigenvalue weighted by Gasteiger charge is -2.08. The lowest BCUT2D eigenvalue weighted by molar-refractivity contribution is 0.436. The van der Waals surface area contributed by atoms with Gasteiger partial charge < -0.3 is 15.4 Å². The number of aromatic nitrogens is 1. The molecular weight excluding hydrogens is 192 g/mol. The maximum Gasteiger partial charge on any atom is 0.229 e. The number of aromatic hydroxyl groups is 1. The fourth-order valence-corrected chi connectivity index (χ4v) is 1.58. The molecular formula is C11H12N2O2. The molecule has 0 atom stereocenters. The number of nitrogen functional groups attached to an aromatic ring is 1. The van der Waals surface area contributed by atoms with E-state index in [4.69, 9.17) is 10.3 Å². The van der Waals surface area contributed by atoms with Crippen LogP contribution in [0.25, 0.3) is 11.1 Å². The molecule has 0 aliphatic rings. The highest BCUT2D eigenvalue weighted by atomic mass is 16.5. The zero-order valence-corrected chi connectivity index (χ0v) is 8.61. The number of phenols is 1. The van der Waals surface area contributed by atoms with Crippen molar-refractivity contribution in [3.63, 3.8) is 0 Å². The normalized spacial score (nSPS) is 10.5. The van der Waals surface area contributed by atoms with Crippen LogP contribution in [0.1, 0.15) is 11.1 Å². The number of hydrogen-bond donors (Lipinski definition) is 2. The highest BCUT2D eigenvalue weighted by molar-refractivity contribution is 5.76. The Kier molecular flexibility index (Phi) is 2.11. The fraction of sp³-hybridized carbons (Fsp3) is 0.182. The molecule has 2 aromatic rings. The molecule has 4 heteroatoms. The van der Waals surface area contributed by atoms with Crippen molar-refractivity contribution in [2.24, 2.45) is 0 Å². The quantitative estimate of drug-likeness (QED) is 0.747. The molecule has 78 valence electrons. The van der Waals surface area contributed by atoms with Crippen LogP contribution in [0.2, 0.25) is 0 Å². The molecule has 0 radical (unpaired) electrons. The van der Waals surface area contributed by atoms with Crippen LogP contribution in [0.15, 0.2) is 22.9 Å². The second-order valence-corrected chi connectivity index (χ2v) is 3.51. The van der Waals surface area contributed by atoms with Crippen LogP contribution in [0.5, 0.6) is 5.75 Å². The lowest BCUT2D eigenvalue weighted by atomic mass is 9.99. The van der Waals surface area contributed by atoms with Crippen LogP contribution >= 0.6 is 0 Å². The summed E-state index contributed by atoms with van der Waals surface area (Å²) >= 11 is 0. The number of nitrogens with two attached hydrogens (primary N) is 1. The third-order valence-electron chi connectivity index (χ3n) is 2.52. The van der Waals surface area contributed by atoms with Gasteiger partial charge in [0.05, 0.1) is 11.8 Å². The maximum atomic E-state index is 9.79. The first-order valence-electron chi connectivity index (χ1n) is 4.61. The van der Waals surface area contributed by atoms with Gasteiger partial charge >= 0.3 is 0 Å². The first kappa shape index (κ1) is 9.58. The predicted molar refractivity (Wildman–Crippen MR) is 57.5 cm³/mol. The van der Waals surface area contributed by atoms with Crippen LogP contribution in [0.4, 0.5) is 5.88 Å². The van der Waals surface area contributed by atoms with Crippen molar-refractivity contribution in [3.05, 3.63) is 29.5 Å². The third-order valence-corrected chi connectivity index (χ3v) is 2.52. The van der Waals surface area contributed by atoms with E-state index in [1.807, 2.05) is 26.0 Å². The zero-order chi connectivity index (χ0) is 11.0. The summed E-state index contributed by atoms with van der Waals surface area (Å²) in [7, 11) is 0. The SMILES string of the molecule is Cc1ccc(-c2cnoc2N)c(C)c1O. The van der Waals surface area contributed by atoms with E-state index in [9.17, 15) is 5.11 Å². The molecule has 3 N–H and O–H groups in total. The molecule has 1 aromatic heterocycles. The first-order chi connectivity index (χ1) is 7.11. The summed E-state index contributed by atoms with van der Waals surface area (Å²) in [5, 5.41) is 13.4. The van der Waals surface area contributed by atoms with E-state index in [1.54, 1.807) is 6.20 Å². The number of nitrogens with zero attached hydrogens (tertiary/aromatic N) is 1. The van der Waals surface area contributed by atoms with Crippen LogP contribution in [0.3, 0.4) is 0 Å². The standard InChI is InChI=1S/C11H12N2O2/c1-6-3-4-8(7(2)10(6)14)9-5-13-15-11(9)12/h3-5,14H,12H2,1-2H3. The molecule has 0 aliphatic carbocycles. The molecule has 0 unspecified atom stereocenters. The second-order valence-electron chi connectivity index (χ2n) is 3.51. The van der Waals surface area contributed by atoms with Gasteiger partial charge in [-0.1, -0.05) is 17.3 Å². The van der Waals surface area contributed by atoms with Crippen molar-refractivity contribution in [1.82, 2.24) is 5.16 Å². The highest BCUT2D eigenvalue weighted by Gasteiger charge is 2.12. The van der Waals surface area contributed by atoms with Crippen molar-refractivity contribution >= 4 is 5.88 Å². The van der Waals surface area contributed by atoms with E-state index in [0.29, 0.717) is 5.56 Å². The molecule has 0 spiro atoms. The number of phenolic OH excluding ortho intramolecular Hbond substituents is 1. The Bertz CT molecular complexity index is 503. The summed E-state index contributed by atoms with van der Waals surface area (Å²) in [6.07, 6.45) is 1.55. The Morgan fingerprint density at radius 3 is 2.60 bits per heavy atom. The first-order valence-corrected chi connectivity index (χ1v) is 4.61. The third kappa shape index (κ3) is 1.44. The monoisotopic (exact) mass is 204 g/mol. The minimum Gasteiger partial charge on any atom is -0.507 e. The van der Waals surface area contributed by atoms with Crippen LogP contribution < -0.4 is 5.73 Å². The summed E-state index contributed by atoms with van der Waals surface area (Å²) in [6.45, 7) is 3.69. The Hall–Kier alpha value is -1.97. The zero-order valence-electron chi connectivity index (χ0n) is 8.61. The van der Waals surface area contributed by atoms with Gasteiger partial charge in [0.25, 0.3) is 0 Å². The van der Waals surface area contributed by atoms with Gasteiger partial charge in [-0.2, -0.15) is 0 Å². The summed E-state index contributed by atoms with van der Waals surface area (Å²) < 4.78 is 4.79. The molecule has 0 aliphatic heterocycles. The van der Waals surface area contributed by atoms with Crippen LogP contribution in [0, 0.1) is 13.8 Å². The topological polar surface area (TPSA) is 72.3 Å². The molecule has 0 saturated carbocycles. The second kappa shape index (κ2) is 3.31. The van der Waals surface area contributed by atoms with Crippen molar-refractivity contribution in [1.29, 1.82) is 0 Å². The summed E-state index contributed by atoms with van der Waals surface area (Å²) in [5.74, 6) is 0.550. The van der Waals surface area contributed by atoms with Crippen LogP contribution in [-0.2, 0) is 0 Å². The number of hydrogen-bond acceptors (Lipinski definition) is 4. The maximum absolute atomic E-state index is 9.79. The number of benzene rings is 1. The van der Waals surface area contributed by atoms with Gasteiger partial charge in [-0.05, 0) is 30.5 Å². The van der Waals surface area contributed by atoms with E-state index in [1.165, 1.54) is 0 Å². The van der Waals surface area contributed by atoms with Gasteiger partial charge in [-0.25, -0.2) is 0 Å². The molecule has 0 saturated heterocycles. The Balaban J connectivity index is 2.65. The average molecular weight is 204 g/mol. The van der Waals surface area contributed by atoms with E-state index >= 15 is 0 Å². The molecule has 1 heterocycles. The van der Waals surface area contributed by atoms with E-state index in [0.717, 1.165) is 16.7 Å². The molecule has 0 bridgehead atoms. The smallest absolute Gasteiger partial charge is 0.229 e. The fourth-order valence-electron chi connectivity index (χ4n) is 1.58. The Morgan fingerprint density at radius 2 is 2.00 bits per heavy atom. The van der Waals surface area contributed by atoms with Gasteiger partial charge in [0.2, 0.25) is 5.88 Å². The van der Waals surface area contributed by atoms with Gasteiger partial charge in [0.15, 0.2) is 0 Å². The van der Waals surface area contributed by atoms with E-state index < -0.39 is 0 Å². The molecule has 4 nitrogen and oxygen atoms in total. The van der Waals surface area contributed by atoms with Crippen molar-refractivity contribution in [2.75, 3.05) is 5.73 Å². The number of anilines is 1. The Labute approximate surface area is 87.3 Å². The van der Waals surface area contributed by atoms with E-state index in [2.05, 4.69) is 5.16 Å². The molecule has 15 heavy (non-hydrogen) atoms. The van der Waals surface area contributed by atoms with Gasteiger partial charge in [-0.15, -0.1) is 0 Å². The highest BCUT2D eigenvalue weighted by Crippen LogP contribution is 2.34. The number of aryl methyl sites for hydroxylation is 1. The summed E-state index contributed by atoms with van der Waals surface area (Å²) in [6, 6.07) is 3.73. The number of rotatable bonds is 1. The molecule has 0 amide bonds. The summed E-state index contributed by atoms with van der Waals surface area (Å²) in [5.41, 5.74) is 8.80. The molecule has 1 aromatic carbocycles. The largest absolute Gasteiger partial charge is 0.507 e. The van der Waals surface area contributed by atoms with Gasteiger partial charge in [-0.3, -0.25) is 0 Å². The summed E-state index contributed by atoms with van der Waals surface area (Å²) in [4.78, 5) is 0.